The van der Waals surface area contributed by atoms with Gasteiger partial charge in [0.25, 0.3) is 0 Å². The molecule has 0 N–H and O–H groups in total. The standard InChI is InChI=1S/C10H10F2O2S/c1-15-9-7(12)3-2-6(11)8(9)10-13-4-5-14-10/h2-3,10H,4-5H2,1H3. The molecular formula is C10H10F2O2S. The highest BCUT2D eigenvalue weighted by Gasteiger charge is 2.26. The van der Waals surface area contributed by atoms with Crippen LogP contribution in [0.2, 0.25) is 0 Å². The third-order valence-electron chi connectivity index (χ3n) is 2.16. The second kappa shape index (κ2) is 4.47. The highest BCUT2D eigenvalue weighted by molar-refractivity contribution is 7.98. The normalized spacial score (nSPS) is 17.3. The van der Waals surface area contributed by atoms with Crippen molar-refractivity contribution in [3.63, 3.8) is 0 Å². The molecule has 0 aromatic heterocycles. The van der Waals surface area contributed by atoms with E-state index in [1.807, 2.05) is 0 Å². The van der Waals surface area contributed by atoms with Crippen molar-refractivity contribution >= 4 is 11.8 Å². The number of hydrogen-bond donors (Lipinski definition) is 0. The number of benzene rings is 1. The Morgan fingerprint density at radius 1 is 1.20 bits per heavy atom. The molecular weight excluding hydrogens is 222 g/mol. The molecule has 82 valence electrons. The van der Waals surface area contributed by atoms with E-state index in [0.717, 1.165) is 23.9 Å². The Bertz CT molecular complexity index is 365. The van der Waals surface area contributed by atoms with E-state index in [0.29, 0.717) is 13.2 Å². The molecule has 1 aliphatic heterocycles. The first-order valence-corrected chi connectivity index (χ1v) is 5.71. The van der Waals surface area contributed by atoms with Crippen LogP contribution in [0.25, 0.3) is 0 Å². The summed E-state index contributed by atoms with van der Waals surface area (Å²) < 4.78 is 37.3. The first kappa shape index (κ1) is 10.9. The molecule has 0 aliphatic carbocycles. The maximum Gasteiger partial charge on any atom is 0.188 e. The van der Waals surface area contributed by atoms with Crippen LogP contribution in [0.5, 0.6) is 0 Å². The van der Waals surface area contributed by atoms with Crippen molar-refractivity contribution < 1.29 is 18.3 Å². The first-order chi connectivity index (χ1) is 7.24. The predicted molar refractivity (Wildman–Crippen MR) is 52.8 cm³/mol. The molecule has 0 saturated carbocycles. The lowest BCUT2D eigenvalue weighted by Gasteiger charge is -2.14. The minimum Gasteiger partial charge on any atom is -0.346 e. The lowest BCUT2D eigenvalue weighted by atomic mass is 10.2. The molecule has 1 aromatic carbocycles. The van der Waals surface area contributed by atoms with Gasteiger partial charge in [0.1, 0.15) is 11.6 Å². The molecule has 1 aromatic rings. The Morgan fingerprint density at radius 3 is 2.40 bits per heavy atom. The van der Waals surface area contributed by atoms with E-state index < -0.39 is 17.9 Å². The van der Waals surface area contributed by atoms with Crippen molar-refractivity contribution in [2.45, 2.75) is 11.2 Å². The second-order valence-electron chi connectivity index (χ2n) is 3.05. The third kappa shape index (κ3) is 2.00. The average Bonchev–Trinajstić information content (AvgIpc) is 2.74. The highest BCUT2D eigenvalue weighted by Crippen LogP contribution is 2.34. The maximum absolute atomic E-state index is 13.5. The van der Waals surface area contributed by atoms with Gasteiger partial charge >= 0.3 is 0 Å². The van der Waals surface area contributed by atoms with Crippen molar-refractivity contribution in [3.05, 3.63) is 29.3 Å². The van der Waals surface area contributed by atoms with Crippen LogP contribution in [0, 0.1) is 11.6 Å². The van der Waals surface area contributed by atoms with Crippen molar-refractivity contribution in [2.24, 2.45) is 0 Å². The van der Waals surface area contributed by atoms with Crippen molar-refractivity contribution in [1.82, 2.24) is 0 Å². The van der Waals surface area contributed by atoms with Gasteiger partial charge in [0.2, 0.25) is 0 Å². The number of thioether (sulfide) groups is 1. The molecule has 2 nitrogen and oxygen atoms in total. The van der Waals surface area contributed by atoms with Crippen LogP contribution in [0.15, 0.2) is 17.0 Å². The Kier molecular flexibility index (Phi) is 3.23. The Labute approximate surface area is 90.6 Å². The van der Waals surface area contributed by atoms with E-state index in [1.165, 1.54) is 0 Å². The fourth-order valence-corrected chi connectivity index (χ4v) is 2.18. The molecule has 0 bridgehead atoms. The summed E-state index contributed by atoms with van der Waals surface area (Å²) in [6.45, 7) is 0.822. The lowest BCUT2D eigenvalue weighted by Crippen LogP contribution is -2.05. The molecule has 0 radical (unpaired) electrons. The molecule has 1 saturated heterocycles. The molecule has 2 rings (SSSR count). The fourth-order valence-electron chi connectivity index (χ4n) is 1.50. The molecule has 0 atom stereocenters. The highest BCUT2D eigenvalue weighted by atomic mass is 32.2. The summed E-state index contributed by atoms with van der Waals surface area (Å²) >= 11 is 1.15. The summed E-state index contributed by atoms with van der Waals surface area (Å²) in [4.78, 5) is 0.252. The summed E-state index contributed by atoms with van der Waals surface area (Å²) in [7, 11) is 0. The summed E-state index contributed by atoms with van der Waals surface area (Å²) in [6.07, 6.45) is 0.916. The zero-order chi connectivity index (χ0) is 10.8. The SMILES string of the molecule is CSc1c(F)ccc(F)c1C1OCCO1. The van der Waals surface area contributed by atoms with Gasteiger partial charge in [-0.2, -0.15) is 0 Å². The summed E-state index contributed by atoms with van der Waals surface area (Å²) in [5, 5.41) is 0. The van der Waals surface area contributed by atoms with Crippen LogP contribution in [-0.4, -0.2) is 19.5 Å². The minimum atomic E-state index is -0.775. The van der Waals surface area contributed by atoms with Gasteiger partial charge in [-0.3, -0.25) is 0 Å². The van der Waals surface area contributed by atoms with Crippen molar-refractivity contribution in [2.75, 3.05) is 19.5 Å². The smallest absolute Gasteiger partial charge is 0.188 e. The van der Waals surface area contributed by atoms with E-state index in [2.05, 4.69) is 0 Å². The topological polar surface area (TPSA) is 18.5 Å². The Balaban J connectivity index is 2.46. The van der Waals surface area contributed by atoms with Crippen LogP contribution in [-0.2, 0) is 9.47 Å². The Morgan fingerprint density at radius 2 is 1.80 bits per heavy atom. The van der Waals surface area contributed by atoms with E-state index in [-0.39, 0.29) is 10.5 Å². The summed E-state index contributed by atoms with van der Waals surface area (Å²) in [5.74, 6) is -0.939. The van der Waals surface area contributed by atoms with Gasteiger partial charge in [-0.15, -0.1) is 11.8 Å². The van der Waals surface area contributed by atoms with Crippen LogP contribution in [0.4, 0.5) is 8.78 Å². The molecule has 0 spiro atoms. The fraction of sp³-hybridized carbons (Fsp3) is 0.400. The summed E-state index contributed by atoms with van der Waals surface area (Å²) in [6, 6.07) is 2.20. The van der Waals surface area contributed by atoms with Gasteiger partial charge in [0, 0.05) is 0 Å². The van der Waals surface area contributed by atoms with Gasteiger partial charge in [-0.25, -0.2) is 8.78 Å². The number of hydrogen-bond acceptors (Lipinski definition) is 3. The monoisotopic (exact) mass is 232 g/mol. The van der Waals surface area contributed by atoms with Crippen LogP contribution >= 0.6 is 11.8 Å². The first-order valence-electron chi connectivity index (χ1n) is 4.49. The van der Waals surface area contributed by atoms with Gasteiger partial charge in [-0.1, -0.05) is 0 Å². The molecule has 5 heteroatoms. The number of ether oxygens (including phenoxy) is 2. The minimum absolute atomic E-state index is 0.167. The quantitative estimate of drug-likeness (QED) is 0.730. The number of halogens is 2. The number of rotatable bonds is 2. The van der Waals surface area contributed by atoms with E-state index >= 15 is 0 Å². The van der Waals surface area contributed by atoms with Crippen LogP contribution in [0.3, 0.4) is 0 Å². The Hall–Kier alpha value is -0.650. The van der Waals surface area contributed by atoms with Gasteiger partial charge < -0.3 is 9.47 Å². The van der Waals surface area contributed by atoms with Crippen LogP contribution < -0.4 is 0 Å². The predicted octanol–water partition coefficient (Wildman–Crippen LogP) is 2.73. The molecule has 1 heterocycles. The van der Waals surface area contributed by atoms with E-state index in [4.69, 9.17) is 9.47 Å². The molecule has 0 amide bonds. The van der Waals surface area contributed by atoms with Crippen LogP contribution in [0.1, 0.15) is 11.9 Å². The molecule has 1 aliphatic rings. The summed E-state index contributed by atoms with van der Waals surface area (Å²) in [5.41, 5.74) is 0.167. The van der Waals surface area contributed by atoms with E-state index in [9.17, 15) is 8.78 Å². The van der Waals surface area contributed by atoms with Gasteiger partial charge in [0.15, 0.2) is 6.29 Å². The maximum atomic E-state index is 13.5. The van der Waals surface area contributed by atoms with Gasteiger partial charge in [0.05, 0.1) is 23.7 Å². The lowest BCUT2D eigenvalue weighted by molar-refractivity contribution is -0.0488. The van der Waals surface area contributed by atoms with Gasteiger partial charge in [-0.05, 0) is 18.4 Å². The average molecular weight is 232 g/mol. The molecule has 0 unspecified atom stereocenters. The zero-order valence-electron chi connectivity index (χ0n) is 8.13. The van der Waals surface area contributed by atoms with E-state index in [1.54, 1.807) is 6.26 Å². The molecule has 1 fully saturated rings. The zero-order valence-corrected chi connectivity index (χ0v) is 8.94. The third-order valence-corrected chi connectivity index (χ3v) is 2.98. The largest absolute Gasteiger partial charge is 0.346 e. The second-order valence-corrected chi connectivity index (χ2v) is 3.87. The van der Waals surface area contributed by atoms with Crippen molar-refractivity contribution in [3.8, 4) is 0 Å². The molecule has 15 heavy (non-hydrogen) atoms. The van der Waals surface area contributed by atoms with Crippen molar-refractivity contribution in [1.29, 1.82) is 0 Å².